The van der Waals surface area contributed by atoms with Gasteiger partial charge in [-0.1, -0.05) is 18.2 Å². The summed E-state index contributed by atoms with van der Waals surface area (Å²) in [5.74, 6) is -0.322. The van der Waals surface area contributed by atoms with E-state index in [1.54, 1.807) is 30.6 Å². The molecule has 0 unspecified atom stereocenters. The Morgan fingerprint density at radius 1 is 1.05 bits per heavy atom. The molecule has 0 aliphatic heterocycles. The van der Waals surface area contributed by atoms with E-state index in [4.69, 9.17) is 0 Å². The fourth-order valence-corrected chi connectivity index (χ4v) is 1.56. The largest absolute Gasteiger partial charge is 0.334 e. The Bertz CT molecular complexity index is 545. The minimum absolute atomic E-state index is 0.162. The highest BCUT2D eigenvalue weighted by Crippen LogP contribution is 2.05. The van der Waals surface area contributed by atoms with Gasteiger partial charge < -0.3 is 10.6 Å². The van der Waals surface area contributed by atoms with E-state index >= 15 is 0 Å². The monoisotopic (exact) mass is 259 g/mol. The molecule has 0 radical (unpaired) electrons. The third kappa shape index (κ3) is 4.06. The number of carbonyl (C=O) groups is 1. The van der Waals surface area contributed by atoms with E-state index < -0.39 is 0 Å². The maximum atomic E-state index is 13.3. The fraction of sp³-hybridized carbons (Fsp3) is 0.143. The minimum Gasteiger partial charge on any atom is -0.334 e. The number of carbonyl (C=O) groups excluding carboxylic acids is 1. The summed E-state index contributed by atoms with van der Waals surface area (Å²) >= 11 is 0. The lowest BCUT2D eigenvalue weighted by Gasteiger charge is -2.08. The van der Waals surface area contributed by atoms with Crippen molar-refractivity contribution in [3.8, 4) is 0 Å². The van der Waals surface area contributed by atoms with E-state index in [9.17, 15) is 9.18 Å². The highest BCUT2D eigenvalue weighted by molar-refractivity contribution is 5.73. The van der Waals surface area contributed by atoms with Crippen LogP contribution in [0.4, 0.5) is 9.18 Å². The van der Waals surface area contributed by atoms with Gasteiger partial charge in [0.15, 0.2) is 0 Å². The second-order valence-electron chi connectivity index (χ2n) is 3.98. The van der Waals surface area contributed by atoms with Crippen LogP contribution in [0.3, 0.4) is 0 Å². The number of halogens is 1. The summed E-state index contributed by atoms with van der Waals surface area (Å²) in [7, 11) is 0. The number of nitrogens with zero attached hydrogens (tertiary/aromatic N) is 1. The number of aromatic nitrogens is 1. The lowest BCUT2D eigenvalue weighted by Crippen LogP contribution is -2.34. The van der Waals surface area contributed by atoms with E-state index in [0.29, 0.717) is 12.1 Å². The molecule has 0 aliphatic rings. The van der Waals surface area contributed by atoms with E-state index in [1.165, 1.54) is 6.07 Å². The van der Waals surface area contributed by atoms with Gasteiger partial charge in [0.1, 0.15) is 5.82 Å². The predicted molar refractivity (Wildman–Crippen MR) is 69.7 cm³/mol. The van der Waals surface area contributed by atoms with Gasteiger partial charge in [-0.25, -0.2) is 9.18 Å². The van der Waals surface area contributed by atoms with Gasteiger partial charge in [0.05, 0.1) is 0 Å². The molecule has 5 heteroatoms. The molecule has 98 valence electrons. The number of benzene rings is 1. The van der Waals surface area contributed by atoms with Gasteiger partial charge in [-0.2, -0.15) is 0 Å². The number of urea groups is 1. The molecule has 4 nitrogen and oxygen atoms in total. The molecule has 0 saturated carbocycles. The van der Waals surface area contributed by atoms with Gasteiger partial charge in [-0.05, 0) is 23.8 Å². The van der Waals surface area contributed by atoms with Crippen molar-refractivity contribution in [1.82, 2.24) is 15.6 Å². The topological polar surface area (TPSA) is 54.0 Å². The highest BCUT2D eigenvalue weighted by Gasteiger charge is 2.03. The molecule has 0 saturated heterocycles. The number of rotatable bonds is 4. The maximum absolute atomic E-state index is 13.3. The Morgan fingerprint density at radius 2 is 1.74 bits per heavy atom. The van der Waals surface area contributed by atoms with E-state index in [-0.39, 0.29) is 18.4 Å². The zero-order chi connectivity index (χ0) is 13.5. The molecule has 0 bridgehead atoms. The standard InChI is InChI=1S/C14H14FN3O/c15-13-4-2-1-3-12(13)10-18-14(19)17-9-11-5-7-16-8-6-11/h1-8H,9-10H2,(H2,17,18,19). The summed E-state index contributed by atoms with van der Waals surface area (Å²) in [5, 5.41) is 5.29. The molecule has 0 fully saturated rings. The quantitative estimate of drug-likeness (QED) is 0.884. The molecule has 2 N–H and O–H groups in total. The van der Waals surface area contributed by atoms with Crippen molar-refractivity contribution >= 4 is 6.03 Å². The summed E-state index contributed by atoms with van der Waals surface area (Å²) in [5.41, 5.74) is 1.41. The third-order valence-corrected chi connectivity index (χ3v) is 2.60. The molecule has 0 aliphatic carbocycles. The summed E-state index contributed by atoms with van der Waals surface area (Å²) in [6.45, 7) is 0.570. The molecule has 1 heterocycles. The zero-order valence-corrected chi connectivity index (χ0v) is 10.3. The van der Waals surface area contributed by atoms with E-state index in [1.807, 2.05) is 12.1 Å². The average Bonchev–Trinajstić information content (AvgIpc) is 2.45. The van der Waals surface area contributed by atoms with Crippen LogP contribution >= 0.6 is 0 Å². The van der Waals surface area contributed by atoms with Crippen LogP contribution in [0.25, 0.3) is 0 Å². The molecule has 0 atom stereocenters. The predicted octanol–water partition coefficient (Wildman–Crippen LogP) is 2.22. The average molecular weight is 259 g/mol. The lowest BCUT2D eigenvalue weighted by molar-refractivity contribution is 0.240. The van der Waals surface area contributed by atoms with Gasteiger partial charge >= 0.3 is 6.03 Å². The second-order valence-corrected chi connectivity index (χ2v) is 3.98. The van der Waals surface area contributed by atoms with Crippen LogP contribution < -0.4 is 10.6 Å². The Kier molecular flexibility index (Phi) is 4.44. The Balaban J connectivity index is 1.78. The number of pyridine rings is 1. The van der Waals surface area contributed by atoms with Crippen molar-refractivity contribution in [2.75, 3.05) is 0 Å². The minimum atomic E-state index is -0.333. The molecule has 2 rings (SSSR count). The summed E-state index contributed by atoms with van der Waals surface area (Å²) in [6.07, 6.45) is 3.32. The van der Waals surface area contributed by atoms with Gasteiger partial charge in [-0.3, -0.25) is 4.98 Å². The summed E-state index contributed by atoms with van der Waals surface area (Å²) in [4.78, 5) is 15.4. The van der Waals surface area contributed by atoms with Gasteiger partial charge in [0.2, 0.25) is 0 Å². The molecule has 0 spiro atoms. The fourth-order valence-electron chi connectivity index (χ4n) is 1.56. The number of hydrogen-bond acceptors (Lipinski definition) is 2. The van der Waals surface area contributed by atoms with Crippen LogP contribution in [0, 0.1) is 5.82 Å². The SMILES string of the molecule is O=C(NCc1ccncc1)NCc1ccccc1F. The van der Waals surface area contributed by atoms with E-state index in [0.717, 1.165) is 5.56 Å². The molecule has 1 aromatic carbocycles. The van der Waals surface area contributed by atoms with Gasteiger partial charge in [0, 0.05) is 31.0 Å². The number of amides is 2. The van der Waals surface area contributed by atoms with Crippen LogP contribution in [0.1, 0.15) is 11.1 Å². The maximum Gasteiger partial charge on any atom is 0.315 e. The van der Waals surface area contributed by atoms with E-state index in [2.05, 4.69) is 15.6 Å². The first-order chi connectivity index (χ1) is 9.25. The third-order valence-electron chi connectivity index (χ3n) is 2.60. The first kappa shape index (κ1) is 13.0. The van der Waals surface area contributed by atoms with Crippen molar-refractivity contribution in [1.29, 1.82) is 0 Å². The molecule has 1 aromatic heterocycles. The van der Waals surface area contributed by atoms with Crippen molar-refractivity contribution < 1.29 is 9.18 Å². The van der Waals surface area contributed by atoms with Crippen molar-refractivity contribution in [2.45, 2.75) is 13.1 Å². The Labute approximate surface area is 110 Å². The van der Waals surface area contributed by atoms with Gasteiger partial charge in [0.25, 0.3) is 0 Å². The molecule has 2 amide bonds. The summed E-state index contributed by atoms with van der Waals surface area (Å²) < 4.78 is 13.3. The lowest BCUT2D eigenvalue weighted by atomic mass is 10.2. The molecular formula is C14H14FN3O. The number of hydrogen-bond donors (Lipinski definition) is 2. The second kappa shape index (κ2) is 6.49. The Morgan fingerprint density at radius 3 is 2.47 bits per heavy atom. The van der Waals surface area contributed by atoms with Crippen LogP contribution in [-0.4, -0.2) is 11.0 Å². The van der Waals surface area contributed by atoms with Crippen LogP contribution in [0.15, 0.2) is 48.8 Å². The number of nitrogens with one attached hydrogen (secondary N) is 2. The normalized spacial score (nSPS) is 9.95. The smallest absolute Gasteiger partial charge is 0.315 e. The first-order valence-electron chi connectivity index (χ1n) is 5.90. The highest BCUT2D eigenvalue weighted by atomic mass is 19.1. The van der Waals surface area contributed by atoms with Crippen LogP contribution in [-0.2, 0) is 13.1 Å². The van der Waals surface area contributed by atoms with Crippen LogP contribution in [0.2, 0.25) is 0 Å². The van der Waals surface area contributed by atoms with Crippen molar-refractivity contribution in [2.24, 2.45) is 0 Å². The molecule has 2 aromatic rings. The van der Waals surface area contributed by atoms with Crippen LogP contribution in [0.5, 0.6) is 0 Å². The molecule has 19 heavy (non-hydrogen) atoms. The van der Waals surface area contributed by atoms with Gasteiger partial charge in [-0.15, -0.1) is 0 Å². The summed E-state index contributed by atoms with van der Waals surface area (Å²) in [6, 6.07) is 9.65. The first-order valence-corrected chi connectivity index (χ1v) is 5.90. The molecular weight excluding hydrogens is 245 g/mol. The zero-order valence-electron chi connectivity index (χ0n) is 10.3. The van der Waals surface area contributed by atoms with Crippen molar-refractivity contribution in [3.63, 3.8) is 0 Å². The van der Waals surface area contributed by atoms with Crippen molar-refractivity contribution in [3.05, 3.63) is 65.7 Å². The Hall–Kier alpha value is -2.43.